The minimum atomic E-state index is -1.09. The van der Waals surface area contributed by atoms with Crippen LogP contribution in [0.15, 0.2) is 29.2 Å². The van der Waals surface area contributed by atoms with E-state index in [0.29, 0.717) is 12.3 Å². The molecular formula is C17H25NO3S. The van der Waals surface area contributed by atoms with E-state index in [9.17, 15) is 9.00 Å². The Morgan fingerprint density at radius 1 is 1.32 bits per heavy atom. The number of aryl methyl sites for hydroxylation is 1. The number of hydrogen-bond acceptors (Lipinski definition) is 3. The average molecular weight is 323 g/mol. The molecule has 1 aliphatic heterocycles. The largest absolute Gasteiger partial charge is 0.444 e. The van der Waals surface area contributed by atoms with Crippen molar-refractivity contribution in [2.75, 3.05) is 12.3 Å². The van der Waals surface area contributed by atoms with Crippen LogP contribution in [0.5, 0.6) is 0 Å². The molecule has 2 atom stereocenters. The van der Waals surface area contributed by atoms with Gasteiger partial charge in [0, 0.05) is 23.2 Å². The fourth-order valence-corrected chi connectivity index (χ4v) is 3.86. The molecule has 0 aliphatic carbocycles. The van der Waals surface area contributed by atoms with Gasteiger partial charge in [-0.3, -0.25) is 4.21 Å². The fraction of sp³-hybridized carbons (Fsp3) is 0.588. The number of amides is 1. The third kappa shape index (κ3) is 4.57. The van der Waals surface area contributed by atoms with E-state index in [2.05, 4.69) is 0 Å². The highest BCUT2D eigenvalue weighted by atomic mass is 32.2. The molecule has 1 aromatic rings. The maximum atomic E-state index is 12.5. The van der Waals surface area contributed by atoms with Gasteiger partial charge in [-0.2, -0.15) is 0 Å². The maximum absolute atomic E-state index is 12.5. The van der Waals surface area contributed by atoms with Crippen molar-refractivity contribution in [1.82, 2.24) is 4.90 Å². The number of nitrogens with zero attached hydrogens (tertiary/aromatic N) is 1. The molecule has 2 rings (SSSR count). The first-order chi connectivity index (χ1) is 10.3. The van der Waals surface area contributed by atoms with Gasteiger partial charge in [0.1, 0.15) is 5.60 Å². The summed E-state index contributed by atoms with van der Waals surface area (Å²) in [5, 5.41) is 0. The van der Waals surface area contributed by atoms with Crippen molar-refractivity contribution in [2.45, 2.75) is 57.1 Å². The quantitative estimate of drug-likeness (QED) is 0.855. The highest BCUT2D eigenvalue weighted by Crippen LogP contribution is 2.23. The number of rotatable bonds is 3. The zero-order chi connectivity index (χ0) is 16.3. The highest BCUT2D eigenvalue weighted by molar-refractivity contribution is 7.85. The Bertz CT molecular complexity index is 548. The Hall–Kier alpha value is -1.36. The smallest absolute Gasteiger partial charge is 0.410 e. The number of benzene rings is 1. The second-order valence-corrected chi connectivity index (χ2v) is 8.29. The van der Waals surface area contributed by atoms with E-state index in [4.69, 9.17) is 4.74 Å². The molecule has 5 heteroatoms. The van der Waals surface area contributed by atoms with Crippen LogP contribution in [0.25, 0.3) is 0 Å². The van der Waals surface area contributed by atoms with Gasteiger partial charge in [-0.1, -0.05) is 17.7 Å². The molecule has 4 nitrogen and oxygen atoms in total. The highest BCUT2D eigenvalue weighted by Gasteiger charge is 2.33. The van der Waals surface area contributed by atoms with Crippen LogP contribution in [0, 0.1) is 6.92 Å². The fourth-order valence-electron chi connectivity index (χ4n) is 2.53. The first-order valence-electron chi connectivity index (χ1n) is 7.71. The van der Waals surface area contributed by atoms with Crippen molar-refractivity contribution in [1.29, 1.82) is 0 Å². The third-order valence-electron chi connectivity index (χ3n) is 3.63. The van der Waals surface area contributed by atoms with Gasteiger partial charge in [-0.05, 0) is 52.7 Å². The van der Waals surface area contributed by atoms with Crippen molar-refractivity contribution in [3.8, 4) is 0 Å². The van der Waals surface area contributed by atoms with Gasteiger partial charge in [0.2, 0.25) is 0 Å². The van der Waals surface area contributed by atoms with Gasteiger partial charge in [0.05, 0.1) is 10.8 Å². The number of likely N-dealkylation sites (tertiary alicyclic amines) is 1. The van der Waals surface area contributed by atoms with Crippen LogP contribution in [0.1, 0.15) is 39.2 Å². The summed E-state index contributed by atoms with van der Waals surface area (Å²) in [6, 6.07) is 7.73. The Morgan fingerprint density at radius 2 is 1.95 bits per heavy atom. The summed E-state index contributed by atoms with van der Waals surface area (Å²) < 4.78 is 17.9. The molecule has 0 radical (unpaired) electrons. The number of carbonyl (C=O) groups is 1. The Labute approximate surface area is 135 Å². The molecule has 1 heterocycles. The van der Waals surface area contributed by atoms with E-state index in [1.54, 1.807) is 4.90 Å². The molecule has 1 amide bonds. The van der Waals surface area contributed by atoms with Gasteiger partial charge in [0.25, 0.3) is 0 Å². The van der Waals surface area contributed by atoms with Gasteiger partial charge in [-0.15, -0.1) is 0 Å². The van der Waals surface area contributed by atoms with Crippen LogP contribution in [0.3, 0.4) is 0 Å². The Kier molecular flexibility index (Phi) is 5.27. The first kappa shape index (κ1) is 17.0. The average Bonchev–Trinajstić information content (AvgIpc) is 2.85. The van der Waals surface area contributed by atoms with Crippen LogP contribution in [-0.4, -0.2) is 39.1 Å². The van der Waals surface area contributed by atoms with Crippen LogP contribution in [0.2, 0.25) is 0 Å². The number of carbonyl (C=O) groups excluding carboxylic acids is 1. The lowest BCUT2D eigenvalue weighted by atomic mass is 10.2. The topological polar surface area (TPSA) is 46.6 Å². The third-order valence-corrected chi connectivity index (χ3v) is 5.12. The summed E-state index contributed by atoms with van der Waals surface area (Å²) in [5.74, 6) is 0.475. The van der Waals surface area contributed by atoms with Crippen LogP contribution < -0.4 is 0 Å². The van der Waals surface area contributed by atoms with Crippen LogP contribution >= 0.6 is 0 Å². The molecule has 1 aliphatic rings. The molecule has 0 spiro atoms. The van der Waals surface area contributed by atoms with Crippen molar-refractivity contribution in [3.63, 3.8) is 0 Å². The molecule has 1 aromatic carbocycles. The Morgan fingerprint density at radius 3 is 2.55 bits per heavy atom. The lowest BCUT2D eigenvalue weighted by Gasteiger charge is -2.28. The van der Waals surface area contributed by atoms with Gasteiger partial charge in [-0.25, -0.2) is 4.79 Å². The number of hydrogen-bond donors (Lipinski definition) is 0. The standard InChI is InChI=1S/C17H25NO3S/c1-13-7-9-15(10-8-13)22(20)12-14-6-5-11-18(14)16(19)21-17(2,3)4/h7-10,14H,5-6,11-12H2,1-4H3/t14-,22+/m0/s1. The Balaban J connectivity index is 2.00. The van der Waals surface area contributed by atoms with Crippen molar-refractivity contribution >= 4 is 16.9 Å². The van der Waals surface area contributed by atoms with Crippen molar-refractivity contribution < 1.29 is 13.7 Å². The molecule has 0 unspecified atom stereocenters. The number of ether oxygens (including phenoxy) is 1. The summed E-state index contributed by atoms with van der Waals surface area (Å²) in [5.41, 5.74) is 0.650. The normalized spacial score (nSPS) is 20.0. The van der Waals surface area contributed by atoms with E-state index in [0.717, 1.165) is 23.3 Å². The lowest BCUT2D eigenvalue weighted by molar-refractivity contribution is 0.0241. The second kappa shape index (κ2) is 6.82. The molecule has 0 aromatic heterocycles. The molecule has 0 N–H and O–H groups in total. The second-order valence-electron chi connectivity index (χ2n) is 6.80. The zero-order valence-electron chi connectivity index (χ0n) is 13.8. The predicted octanol–water partition coefficient (Wildman–Crippen LogP) is 3.50. The molecule has 0 bridgehead atoms. The summed E-state index contributed by atoms with van der Waals surface area (Å²) >= 11 is 0. The minimum absolute atomic E-state index is 0.00279. The van der Waals surface area contributed by atoms with E-state index < -0.39 is 16.4 Å². The predicted molar refractivity (Wildman–Crippen MR) is 88.4 cm³/mol. The maximum Gasteiger partial charge on any atom is 0.410 e. The van der Waals surface area contributed by atoms with Gasteiger partial charge >= 0.3 is 6.09 Å². The molecule has 0 saturated carbocycles. The van der Waals surface area contributed by atoms with Crippen molar-refractivity contribution in [2.24, 2.45) is 0 Å². The van der Waals surface area contributed by atoms with E-state index in [1.807, 2.05) is 52.0 Å². The summed E-state index contributed by atoms with van der Waals surface area (Å²) in [6.07, 6.45) is 1.53. The molecular weight excluding hydrogens is 298 g/mol. The van der Waals surface area contributed by atoms with E-state index in [1.165, 1.54) is 0 Å². The lowest BCUT2D eigenvalue weighted by Crippen LogP contribution is -2.42. The monoisotopic (exact) mass is 323 g/mol. The summed E-state index contributed by atoms with van der Waals surface area (Å²) in [6.45, 7) is 8.28. The summed E-state index contributed by atoms with van der Waals surface area (Å²) in [4.78, 5) is 14.8. The van der Waals surface area contributed by atoms with Crippen molar-refractivity contribution in [3.05, 3.63) is 29.8 Å². The van der Waals surface area contributed by atoms with Crippen LogP contribution in [0.4, 0.5) is 4.79 Å². The first-order valence-corrected chi connectivity index (χ1v) is 9.03. The molecule has 1 fully saturated rings. The minimum Gasteiger partial charge on any atom is -0.444 e. The SMILES string of the molecule is Cc1ccc([S@](=O)C[C@@H]2CCCN2C(=O)OC(C)(C)C)cc1. The summed E-state index contributed by atoms with van der Waals surface area (Å²) in [7, 11) is -1.09. The molecule has 122 valence electrons. The van der Waals surface area contributed by atoms with E-state index >= 15 is 0 Å². The van der Waals surface area contributed by atoms with Crippen LogP contribution in [-0.2, 0) is 15.5 Å². The molecule has 1 saturated heterocycles. The van der Waals surface area contributed by atoms with Gasteiger partial charge in [0.15, 0.2) is 0 Å². The van der Waals surface area contributed by atoms with E-state index in [-0.39, 0.29) is 12.1 Å². The molecule has 22 heavy (non-hydrogen) atoms. The van der Waals surface area contributed by atoms with Gasteiger partial charge < -0.3 is 9.64 Å². The zero-order valence-corrected chi connectivity index (χ0v) is 14.6.